The van der Waals surface area contributed by atoms with Gasteiger partial charge in [-0.3, -0.25) is 16.0 Å². The molecule has 0 saturated heterocycles. The van der Waals surface area contributed by atoms with Gasteiger partial charge < -0.3 is 4.74 Å². The molecular formula is C15H21BrN4O. The van der Waals surface area contributed by atoms with Crippen LogP contribution in [0.3, 0.4) is 0 Å². The lowest BCUT2D eigenvalue weighted by Crippen LogP contribution is -2.30. The molecule has 1 aromatic carbocycles. The van der Waals surface area contributed by atoms with E-state index in [0.29, 0.717) is 0 Å². The maximum atomic E-state index is 5.79. The van der Waals surface area contributed by atoms with Gasteiger partial charge in [0.1, 0.15) is 5.75 Å². The number of nitrogens with one attached hydrogen (secondary N) is 1. The number of hydrazine groups is 1. The number of nitrogens with two attached hydrogens (primary N) is 1. The van der Waals surface area contributed by atoms with Crippen LogP contribution in [0, 0.1) is 13.8 Å². The van der Waals surface area contributed by atoms with Crippen LogP contribution in [0.1, 0.15) is 28.6 Å². The Morgan fingerprint density at radius 1 is 1.43 bits per heavy atom. The van der Waals surface area contributed by atoms with Gasteiger partial charge in [0.2, 0.25) is 0 Å². The lowest BCUT2D eigenvalue weighted by Gasteiger charge is -2.18. The van der Waals surface area contributed by atoms with Gasteiger partial charge in [-0.2, -0.15) is 5.10 Å². The fraction of sp³-hybridized carbons (Fsp3) is 0.400. The molecule has 0 radical (unpaired) electrons. The van der Waals surface area contributed by atoms with Gasteiger partial charge in [-0.1, -0.05) is 15.9 Å². The van der Waals surface area contributed by atoms with Gasteiger partial charge in [-0.25, -0.2) is 0 Å². The Balaban J connectivity index is 2.35. The Labute approximate surface area is 133 Å². The molecular weight excluding hydrogens is 332 g/mol. The summed E-state index contributed by atoms with van der Waals surface area (Å²) < 4.78 is 8.22. The molecule has 0 aliphatic carbocycles. The zero-order chi connectivity index (χ0) is 15.6. The molecule has 0 saturated carbocycles. The number of methoxy groups -OCH3 is 1. The molecule has 5 nitrogen and oxygen atoms in total. The van der Waals surface area contributed by atoms with Crippen molar-refractivity contribution in [2.45, 2.75) is 26.3 Å². The fourth-order valence-electron chi connectivity index (χ4n) is 2.59. The van der Waals surface area contributed by atoms with E-state index in [0.717, 1.165) is 39.2 Å². The smallest absolute Gasteiger partial charge is 0.119 e. The van der Waals surface area contributed by atoms with Crippen molar-refractivity contribution in [2.75, 3.05) is 7.11 Å². The van der Waals surface area contributed by atoms with Crippen molar-refractivity contribution >= 4 is 15.9 Å². The molecule has 0 bridgehead atoms. The van der Waals surface area contributed by atoms with Crippen LogP contribution in [0.4, 0.5) is 0 Å². The maximum Gasteiger partial charge on any atom is 0.119 e. The summed E-state index contributed by atoms with van der Waals surface area (Å²) in [6.07, 6.45) is 0.752. The van der Waals surface area contributed by atoms with Crippen LogP contribution in [0.25, 0.3) is 0 Å². The summed E-state index contributed by atoms with van der Waals surface area (Å²) in [4.78, 5) is 0. The molecule has 0 spiro atoms. The Morgan fingerprint density at radius 3 is 2.67 bits per heavy atom. The van der Waals surface area contributed by atoms with Crippen LogP contribution < -0.4 is 16.0 Å². The zero-order valence-electron chi connectivity index (χ0n) is 12.8. The van der Waals surface area contributed by atoms with Crippen molar-refractivity contribution in [1.29, 1.82) is 0 Å². The van der Waals surface area contributed by atoms with Gasteiger partial charge in [0.15, 0.2) is 0 Å². The molecule has 0 amide bonds. The highest BCUT2D eigenvalue weighted by Crippen LogP contribution is 2.29. The van der Waals surface area contributed by atoms with E-state index in [9.17, 15) is 0 Å². The monoisotopic (exact) mass is 352 g/mol. The van der Waals surface area contributed by atoms with Crippen molar-refractivity contribution in [3.05, 3.63) is 45.2 Å². The predicted molar refractivity (Wildman–Crippen MR) is 87.1 cm³/mol. The Morgan fingerprint density at radius 2 is 2.14 bits per heavy atom. The van der Waals surface area contributed by atoms with E-state index in [1.165, 1.54) is 0 Å². The third kappa shape index (κ3) is 3.28. The van der Waals surface area contributed by atoms with Gasteiger partial charge in [0, 0.05) is 22.8 Å². The zero-order valence-corrected chi connectivity index (χ0v) is 14.4. The largest absolute Gasteiger partial charge is 0.497 e. The van der Waals surface area contributed by atoms with Crippen LogP contribution in [0.15, 0.2) is 22.7 Å². The summed E-state index contributed by atoms with van der Waals surface area (Å²) >= 11 is 3.59. The van der Waals surface area contributed by atoms with Crippen molar-refractivity contribution in [2.24, 2.45) is 12.9 Å². The summed E-state index contributed by atoms with van der Waals surface area (Å²) in [5.74, 6) is 6.62. The molecule has 1 heterocycles. The standard InChI is InChI=1S/C15H21BrN4O/c1-9-15(10(2)20(3)19-9)14(18-17)8-11-7-12(21-4)5-6-13(11)16/h5-7,14,18H,8,17H2,1-4H3. The van der Waals surface area contributed by atoms with E-state index < -0.39 is 0 Å². The van der Waals surface area contributed by atoms with Gasteiger partial charge in [0.25, 0.3) is 0 Å². The highest BCUT2D eigenvalue weighted by Gasteiger charge is 2.20. The minimum atomic E-state index is 0.00195. The quantitative estimate of drug-likeness (QED) is 0.641. The number of benzene rings is 1. The molecule has 1 aromatic heterocycles. The minimum absolute atomic E-state index is 0.00195. The molecule has 6 heteroatoms. The van der Waals surface area contributed by atoms with Crippen molar-refractivity contribution < 1.29 is 4.74 Å². The van der Waals surface area contributed by atoms with Gasteiger partial charge in [-0.15, -0.1) is 0 Å². The summed E-state index contributed by atoms with van der Waals surface area (Å²) in [6.45, 7) is 4.06. The van der Waals surface area contributed by atoms with E-state index in [1.807, 2.05) is 36.9 Å². The SMILES string of the molecule is COc1ccc(Br)c(CC(NN)c2c(C)nn(C)c2C)c1. The van der Waals surface area contributed by atoms with Crippen LogP contribution in [-0.2, 0) is 13.5 Å². The average molecular weight is 353 g/mol. The first-order valence-electron chi connectivity index (χ1n) is 6.76. The number of halogens is 1. The number of nitrogens with zero attached hydrogens (tertiary/aromatic N) is 2. The predicted octanol–water partition coefficient (Wildman–Crippen LogP) is 2.56. The number of aromatic nitrogens is 2. The Bertz CT molecular complexity index is 639. The topological polar surface area (TPSA) is 65.1 Å². The molecule has 21 heavy (non-hydrogen) atoms. The molecule has 2 aromatic rings. The van der Waals surface area contributed by atoms with E-state index in [4.69, 9.17) is 10.6 Å². The molecule has 2 rings (SSSR count). The number of aryl methyl sites for hydroxylation is 2. The molecule has 0 aliphatic rings. The summed E-state index contributed by atoms with van der Waals surface area (Å²) in [7, 11) is 3.61. The van der Waals surface area contributed by atoms with Crippen molar-refractivity contribution in [1.82, 2.24) is 15.2 Å². The van der Waals surface area contributed by atoms with Gasteiger partial charge in [-0.05, 0) is 44.0 Å². The first kappa shape index (κ1) is 16.0. The normalized spacial score (nSPS) is 12.5. The number of hydrogen-bond acceptors (Lipinski definition) is 4. The second-order valence-corrected chi connectivity index (χ2v) is 5.94. The fourth-order valence-corrected chi connectivity index (χ4v) is 3.00. The van der Waals surface area contributed by atoms with Gasteiger partial charge >= 0.3 is 0 Å². The van der Waals surface area contributed by atoms with E-state index >= 15 is 0 Å². The number of hydrogen-bond donors (Lipinski definition) is 2. The molecule has 114 valence electrons. The van der Waals surface area contributed by atoms with E-state index in [-0.39, 0.29) is 6.04 Å². The first-order valence-corrected chi connectivity index (χ1v) is 7.55. The lowest BCUT2D eigenvalue weighted by molar-refractivity contribution is 0.413. The number of rotatable bonds is 5. The minimum Gasteiger partial charge on any atom is -0.497 e. The van der Waals surface area contributed by atoms with Gasteiger partial charge in [0.05, 0.1) is 18.8 Å². The van der Waals surface area contributed by atoms with Crippen LogP contribution >= 0.6 is 15.9 Å². The first-order chi connectivity index (χ1) is 9.97. The van der Waals surface area contributed by atoms with E-state index in [1.54, 1.807) is 7.11 Å². The van der Waals surface area contributed by atoms with Crippen LogP contribution in [-0.4, -0.2) is 16.9 Å². The lowest BCUT2D eigenvalue weighted by atomic mass is 9.97. The second-order valence-electron chi connectivity index (χ2n) is 5.09. The molecule has 1 unspecified atom stereocenters. The average Bonchev–Trinajstić information content (AvgIpc) is 2.72. The highest BCUT2D eigenvalue weighted by atomic mass is 79.9. The van der Waals surface area contributed by atoms with Crippen molar-refractivity contribution in [3.8, 4) is 5.75 Å². The maximum absolute atomic E-state index is 5.79. The van der Waals surface area contributed by atoms with Crippen molar-refractivity contribution in [3.63, 3.8) is 0 Å². The third-order valence-corrected chi connectivity index (χ3v) is 4.57. The van der Waals surface area contributed by atoms with E-state index in [2.05, 4.69) is 33.4 Å². The van der Waals surface area contributed by atoms with Crippen LogP contribution in [0.5, 0.6) is 5.75 Å². The molecule has 3 N–H and O–H groups in total. The summed E-state index contributed by atoms with van der Waals surface area (Å²) in [5.41, 5.74) is 7.32. The van der Waals surface area contributed by atoms with Crippen LogP contribution in [0.2, 0.25) is 0 Å². The highest BCUT2D eigenvalue weighted by molar-refractivity contribution is 9.10. The summed E-state index contributed by atoms with van der Waals surface area (Å²) in [6, 6.07) is 5.95. The second kappa shape index (κ2) is 6.60. The summed E-state index contributed by atoms with van der Waals surface area (Å²) in [5, 5.41) is 4.46. The Kier molecular flexibility index (Phi) is 5.03. The molecule has 0 fully saturated rings. The number of ether oxygens (including phenoxy) is 1. The molecule has 0 aliphatic heterocycles. The third-order valence-electron chi connectivity index (χ3n) is 3.79. The molecule has 1 atom stereocenters. The Hall–Kier alpha value is -1.37.